The lowest BCUT2D eigenvalue weighted by molar-refractivity contribution is -0.283. The van der Waals surface area contributed by atoms with Gasteiger partial charge in [-0.25, -0.2) is 4.79 Å². The fourth-order valence-corrected chi connectivity index (χ4v) is 9.42. The number of aliphatic hydroxyl groups excluding tert-OH is 1. The Morgan fingerprint density at radius 2 is 1.78 bits per heavy atom. The Kier molecular flexibility index (Phi) is 4.73. The van der Waals surface area contributed by atoms with Crippen molar-refractivity contribution in [1.82, 2.24) is 0 Å². The van der Waals surface area contributed by atoms with E-state index in [-0.39, 0.29) is 36.6 Å². The predicted molar refractivity (Wildman–Crippen MR) is 127 cm³/mol. The zero-order valence-electron chi connectivity index (χ0n) is 21.7. The van der Waals surface area contributed by atoms with E-state index in [2.05, 4.69) is 0 Å². The highest BCUT2D eigenvalue weighted by molar-refractivity contribution is 5.98. The van der Waals surface area contributed by atoms with Crippen molar-refractivity contribution in [3.05, 3.63) is 23.3 Å². The number of carbonyl (C=O) groups excluding carboxylic acids is 2. The van der Waals surface area contributed by atoms with Crippen molar-refractivity contribution in [2.45, 2.75) is 114 Å². The molecule has 11 atom stereocenters. The van der Waals surface area contributed by atoms with Crippen molar-refractivity contribution in [1.29, 1.82) is 0 Å². The summed E-state index contributed by atoms with van der Waals surface area (Å²) in [6, 6.07) is 0. The molecule has 1 saturated heterocycles. The molecule has 3 saturated carbocycles. The van der Waals surface area contributed by atoms with Crippen LogP contribution in [0.2, 0.25) is 0 Å². The van der Waals surface area contributed by atoms with Gasteiger partial charge in [0.1, 0.15) is 29.0 Å². The Morgan fingerprint density at radius 1 is 1.08 bits per heavy atom. The minimum Gasteiger partial charge on any atom is -0.455 e. The van der Waals surface area contributed by atoms with Gasteiger partial charge in [0, 0.05) is 17.4 Å². The first-order valence-corrected chi connectivity index (χ1v) is 13.2. The lowest BCUT2D eigenvalue weighted by Crippen LogP contribution is -2.73. The van der Waals surface area contributed by atoms with E-state index in [1.807, 2.05) is 20.8 Å². The second-order valence-corrected chi connectivity index (χ2v) is 13.0. The highest BCUT2D eigenvalue weighted by Crippen LogP contribution is 2.75. The second-order valence-electron chi connectivity index (χ2n) is 13.0. The number of allylic oxidation sites excluding steroid dienone is 1. The number of hydrogen-bond acceptors (Lipinski definition) is 8. The number of epoxide rings is 1. The summed E-state index contributed by atoms with van der Waals surface area (Å²) in [5, 5.41) is 47.5. The number of ether oxygens (including phenoxy) is 2. The number of aliphatic hydroxyl groups is 4. The molecule has 1 spiro atoms. The molecule has 36 heavy (non-hydrogen) atoms. The maximum absolute atomic E-state index is 13.3. The molecule has 0 aromatic rings. The van der Waals surface area contributed by atoms with E-state index in [0.29, 0.717) is 31.3 Å². The average molecular weight is 503 g/mol. The summed E-state index contributed by atoms with van der Waals surface area (Å²) in [4.78, 5) is 25.8. The van der Waals surface area contributed by atoms with E-state index in [1.54, 1.807) is 6.92 Å². The number of rotatable bonds is 2. The molecule has 6 rings (SSSR count). The smallest absolute Gasteiger partial charge is 0.334 e. The second kappa shape index (κ2) is 6.89. The number of hydrogen-bond donors (Lipinski definition) is 4. The molecule has 198 valence electrons. The molecule has 4 aliphatic carbocycles. The van der Waals surface area contributed by atoms with Crippen LogP contribution >= 0.6 is 0 Å². The maximum atomic E-state index is 13.3. The molecule has 4 fully saturated rings. The van der Waals surface area contributed by atoms with E-state index in [9.17, 15) is 30.0 Å². The fourth-order valence-electron chi connectivity index (χ4n) is 9.42. The number of fused-ring (bicyclic) bond motifs is 4. The topological polar surface area (TPSA) is 137 Å². The summed E-state index contributed by atoms with van der Waals surface area (Å²) in [6.45, 7) is 8.73. The van der Waals surface area contributed by atoms with Crippen LogP contribution in [0.1, 0.15) is 73.1 Å². The number of carbonyl (C=O) groups is 2. The van der Waals surface area contributed by atoms with Gasteiger partial charge < -0.3 is 29.9 Å². The van der Waals surface area contributed by atoms with Crippen LogP contribution < -0.4 is 0 Å². The van der Waals surface area contributed by atoms with Gasteiger partial charge in [-0.3, -0.25) is 4.79 Å². The Bertz CT molecular complexity index is 1120. The first-order chi connectivity index (χ1) is 16.6. The minimum atomic E-state index is -1.81. The van der Waals surface area contributed by atoms with Gasteiger partial charge in [-0.2, -0.15) is 0 Å². The van der Waals surface area contributed by atoms with Crippen LogP contribution in [0, 0.1) is 22.7 Å². The highest BCUT2D eigenvalue weighted by Gasteiger charge is 2.84. The van der Waals surface area contributed by atoms with Crippen LogP contribution in [0.25, 0.3) is 0 Å². The SMILES string of the molecule is CC1=C(C)C(=O)O[C@@H]([C@](C)(O)[C@]2(O)CC[C@@]3(O)[C@@H]4C[C@H]5O[C@]56[C@@H](O)C=CC(=O)[C@]6(C)[C@H]4CC[C@]23C)C1. The predicted octanol–water partition coefficient (Wildman–Crippen LogP) is 1.73. The van der Waals surface area contributed by atoms with E-state index < -0.39 is 51.4 Å². The van der Waals surface area contributed by atoms with Crippen LogP contribution in [0.3, 0.4) is 0 Å². The van der Waals surface area contributed by atoms with Crippen LogP contribution in [0.15, 0.2) is 23.3 Å². The molecule has 8 heteroatoms. The lowest BCUT2D eigenvalue weighted by Gasteiger charge is -2.63. The molecular formula is C28H38O8. The minimum absolute atomic E-state index is 0.0933. The number of ketones is 1. The normalized spacial score (nSPS) is 55.2. The summed E-state index contributed by atoms with van der Waals surface area (Å²) < 4.78 is 11.7. The zero-order valence-corrected chi connectivity index (χ0v) is 21.7. The molecule has 2 aliphatic heterocycles. The van der Waals surface area contributed by atoms with Crippen molar-refractivity contribution in [3.8, 4) is 0 Å². The van der Waals surface area contributed by atoms with Crippen molar-refractivity contribution in [2.24, 2.45) is 22.7 Å². The first kappa shape index (κ1) is 24.7. The summed E-state index contributed by atoms with van der Waals surface area (Å²) in [5.41, 5.74) is -6.64. The number of cyclic esters (lactones) is 1. The fraction of sp³-hybridized carbons (Fsp3) is 0.786. The maximum Gasteiger partial charge on any atom is 0.334 e. The lowest BCUT2D eigenvalue weighted by atomic mass is 9.42. The molecule has 0 amide bonds. The first-order valence-electron chi connectivity index (χ1n) is 13.2. The quantitative estimate of drug-likeness (QED) is 0.331. The molecule has 0 aromatic heterocycles. The van der Waals surface area contributed by atoms with Crippen LogP contribution in [-0.4, -0.2) is 72.9 Å². The van der Waals surface area contributed by atoms with Gasteiger partial charge in [-0.15, -0.1) is 0 Å². The van der Waals surface area contributed by atoms with Gasteiger partial charge in [0.05, 0.1) is 17.1 Å². The third kappa shape index (κ3) is 2.40. The Balaban J connectivity index is 1.39. The Hall–Kier alpha value is -1.58. The molecule has 0 radical (unpaired) electrons. The molecular weight excluding hydrogens is 464 g/mol. The van der Waals surface area contributed by atoms with Gasteiger partial charge in [0.25, 0.3) is 0 Å². The van der Waals surface area contributed by atoms with Crippen molar-refractivity contribution in [3.63, 3.8) is 0 Å². The third-order valence-electron chi connectivity index (χ3n) is 12.1. The molecule has 0 unspecified atom stereocenters. The monoisotopic (exact) mass is 502 g/mol. The van der Waals surface area contributed by atoms with E-state index >= 15 is 0 Å². The number of esters is 1. The van der Waals surface area contributed by atoms with Gasteiger partial charge in [0.15, 0.2) is 5.78 Å². The molecule has 8 nitrogen and oxygen atoms in total. The van der Waals surface area contributed by atoms with E-state index in [0.717, 1.165) is 5.57 Å². The zero-order chi connectivity index (χ0) is 26.3. The standard InChI is InChI=1S/C28H38O8/c1-14-12-20(35-22(31)15(14)2)25(5,32)27(34)11-10-26(33)17-13-21-28(36-21)19(30)7-6-18(29)24(28,4)16(17)8-9-23(26,27)3/h6-7,16-17,19-21,30,32-34H,8-13H2,1-5H3/t16-,17+,19-,20+,21+,23-,24-,25-,26+,27-,28+/m0/s1. The summed E-state index contributed by atoms with van der Waals surface area (Å²) in [5.74, 6) is -1.19. The van der Waals surface area contributed by atoms with Crippen molar-refractivity contribution < 1.29 is 39.5 Å². The van der Waals surface area contributed by atoms with E-state index in [4.69, 9.17) is 9.47 Å². The Morgan fingerprint density at radius 3 is 2.44 bits per heavy atom. The van der Waals surface area contributed by atoms with Gasteiger partial charge in [-0.1, -0.05) is 12.5 Å². The molecule has 6 aliphatic rings. The van der Waals surface area contributed by atoms with E-state index in [1.165, 1.54) is 19.1 Å². The van der Waals surface area contributed by atoms with Gasteiger partial charge >= 0.3 is 5.97 Å². The summed E-state index contributed by atoms with van der Waals surface area (Å²) in [7, 11) is 0. The third-order valence-corrected chi connectivity index (χ3v) is 12.1. The van der Waals surface area contributed by atoms with Gasteiger partial charge in [0.2, 0.25) is 0 Å². The van der Waals surface area contributed by atoms with Crippen LogP contribution in [-0.2, 0) is 19.1 Å². The summed E-state index contributed by atoms with van der Waals surface area (Å²) in [6.07, 6.45) is 2.84. The highest BCUT2D eigenvalue weighted by atomic mass is 16.6. The average Bonchev–Trinajstić information content (AvgIpc) is 3.51. The van der Waals surface area contributed by atoms with Crippen molar-refractivity contribution >= 4 is 11.8 Å². The van der Waals surface area contributed by atoms with Crippen molar-refractivity contribution in [2.75, 3.05) is 0 Å². The molecule has 0 aromatic carbocycles. The Labute approximate surface area is 211 Å². The molecule has 2 heterocycles. The molecule has 4 N–H and O–H groups in total. The van der Waals surface area contributed by atoms with Crippen LogP contribution in [0.5, 0.6) is 0 Å². The van der Waals surface area contributed by atoms with Gasteiger partial charge in [-0.05, 0) is 83.8 Å². The largest absolute Gasteiger partial charge is 0.455 e. The van der Waals surface area contributed by atoms with Crippen LogP contribution in [0.4, 0.5) is 0 Å². The summed E-state index contributed by atoms with van der Waals surface area (Å²) >= 11 is 0. The molecule has 0 bridgehead atoms.